The van der Waals surface area contributed by atoms with E-state index in [4.69, 9.17) is 0 Å². The van der Waals surface area contributed by atoms with Crippen molar-refractivity contribution >= 4 is 0 Å². The van der Waals surface area contributed by atoms with Crippen LogP contribution >= 0.6 is 0 Å². The molecule has 0 spiro atoms. The van der Waals surface area contributed by atoms with Crippen LogP contribution < -0.4 is 5.32 Å². The average Bonchev–Trinajstić information content (AvgIpc) is 2.20. The average molecular weight is 211 g/mol. The van der Waals surface area contributed by atoms with Gasteiger partial charge in [-0.3, -0.25) is 0 Å². The zero-order valence-electron chi connectivity index (χ0n) is 11.1. The molecule has 0 amide bonds. The molecule has 0 aliphatic heterocycles. The van der Waals surface area contributed by atoms with E-state index in [1.54, 1.807) is 0 Å². The van der Waals surface area contributed by atoms with E-state index in [1.165, 1.54) is 25.7 Å². The standard InChI is InChI=1S/C14H29N/c1-6-9-11-15-12-14(4,5)13(8-3)10-7-2/h8,13,15H,3,6-7,9-12H2,1-2,4-5H3. The summed E-state index contributed by atoms with van der Waals surface area (Å²) in [5.41, 5.74) is 0.339. The molecule has 0 rings (SSSR count). The maximum atomic E-state index is 3.96. The van der Waals surface area contributed by atoms with Crippen LogP contribution in [0.25, 0.3) is 0 Å². The van der Waals surface area contributed by atoms with Gasteiger partial charge in [0.25, 0.3) is 0 Å². The van der Waals surface area contributed by atoms with Crippen molar-refractivity contribution in [2.45, 2.75) is 53.4 Å². The highest BCUT2D eigenvalue weighted by atomic mass is 14.9. The van der Waals surface area contributed by atoms with E-state index in [0.29, 0.717) is 11.3 Å². The monoisotopic (exact) mass is 211 g/mol. The Morgan fingerprint density at radius 1 is 1.27 bits per heavy atom. The van der Waals surface area contributed by atoms with Gasteiger partial charge < -0.3 is 5.32 Å². The minimum Gasteiger partial charge on any atom is -0.316 e. The molecule has 1 N–H and O–H groups in total. The highest BCUT2D eigenvalue weighted by Crippen LogP contribution is 2.30. The van der Waals surface area contributed by atoms with E-state index in [1.807, 2.05) is 0 Å². The minimum absolute atomic E-state index is 0.339. The lowest BCUT2D eigenvalue weighted by molar-refractivity contribution is 0.234. The first kappa shape index (κ1) is 14.7. The fourth-order valence-corrected chi connectivity index (χ4v) is 1.98. The summed E-state index contributed by atoms with van der Waals surface area (Å²) in [6.07, 6.45) is 7.18. The van der Waals surface area contributed by atoms with Crippen LogP contribution in [0, 0.1) is 11.3 Å². The molecular formula is C14H29N. The van der Waals surface area contributed by atoms with Crippen molar-refractivity contribution < 1.29 is 0 Å². The summed E-state index contributed by atoms with van der Waals surface area (Å²) in [4.78, 5) is 0. The van der Waals surface area contributed by atoms with Gasteiger partial charge in [-0.2, -0.15) is 0 Å². The Morgan fingerprint density at radius 3 is 2.40 bits per heavy atom. The molecule has 0 heterocycles. The first-order valence-corrected chi connectivity index (χ1v) is 6.41. The van der Waals surface area contributed by atoms with Gasteiger partial charge in [-0.1, -0.05) is 46.6 Å². The molecule has 0 aromatic rings. The summed E-state index contributed by atoms with van der Waals surface area (Å²) in [5, 5.41) is 3.55. The van der Waals surface area contributed by atoms with Crippen LogP contribution in [-0.2, 0) is 0 Å². The molecule has 0 aromatic heterocycles. The molecule has 15 heavy (non-hydrogen) atoms. The Bertz CT molecular complexity index is 161. The summed E-state index contributed by atoms with van der Waals surface area (Å²) in [5.74, 6) is 0.636. The van der Waals surface area contributed by atoms with Gasteiger partial charge in [0.2, 0.25) is 0 Å². The lowest BCUT2D eigenvalue weighted by atomic mass is 9.76. The van der Waals surface area contributed by atoms with Crippen LogP contribution in [0.15, 0.2) is 12.7 Å². The molecule has 1 atom stereocenters. The predicted molar refractivity (Wildman–Crippen MR) is 70.2 cm³/mol. The van der Waals surface area contributed by atoms with E-state index in [2.05, 4.69) is 45.7 Å². The summed E-state index contributed by atoms with van der Waals surface area (Å²) in [6.45, 7) is 15.4. The highest BCUT2D eigenvalue weighted by Gasteiger charge is 2.25. The molecule has 1 unspecified atom stereocenters. The fourth-order valence-electron chi connectivity index (χ4n) is 1.98. The van der Waals surface area contributed by atoms with Crippen molar-refractivity contribution in [3.05, 3.63) is 12.7 Å². The van der Waals surface area contributed by atoms with Crippen molar-refractivity contribution in [1.29, 1.82) is 0 Å². The van der Waals surface area contributed by atoms with Crippen LogP contribution in [0.4, 0.5) is 0 Å². The first-order chi connectivity index (χ1) is 7.08. The maximum Gasteiger partial charge on any atom is 0.000815 e. The molecule has 0 aromatic carbocycles. The molecular weight excluding hydrogens is 182 g/mol. The highest BCUT2D eigenvalue weighted by molar-refractivity contribution is 4.91. The molecule has 0 radical (unpaired) electrons. The van der Waals surface area contributed by atoms with Gasteiger partial charge in [0, 0.05) is 6.54 Å². The molecule has 1 heteroatoms. The Hall–Kier alpha value is -0.300. The zero-order valence-corrected chi connectivity index (χ0v) is 11.1. The van der Waals surface area contributed by atoms with Crippen LogP contribution in [0.2, 0.25) is 0 Å². The second-order valence-corrected chi connectivity index (χ2v) is 5.15. The normalized spacial score (nSPS) is 13.9. The molecule has 0 bridgehead atoms. The van der Waals surface area contributed by atoms with Gasteiger partial charge in [-0.15, -0.1) is 6.58 Å². The van der Waals surface area contributed by atoms with Gasteiger partial charge in [-0.25, -0.2) is 0 Å². The number of rotatable bonds is 9. The van der Waals surface area contributed by atoms with Crippen LogP contribution in [-0.4, -0.2) is 13.1 Å². The summed E-state index contributed by atoms with van der Waals surface area (Å²) < 4.78 is 0. The summed E-state index contributed by atoms with van der Waals surface area (Å²) in [7, 11) is 0. The van der Waals surface area contributed by atoms with E-state index in [9.17, 15) is 0 Å². The van der Waals surface area contributed by atoms with Gasteiger partial charge in [0.1, 0.15) is 0 Å². The third kappa shape index (κ3) is 5.99. The molecule has 0 aliphatic carbocycles. The lowest BCUT2D eigenvalue weighted by Crippen LogP contribution is -2.35. The number of nitrogens with one attached hydrogen (secondary N) is 1. The van der Waals surface area contributed by atoms with Gasteiger partial charge >= 0.3 is 0 Å². The largest absolute Gasteiger partial charge is 0.316 e. The topological polar surface area (TPSA) is 12.0 Å². The summed E-state index contributed by atoms with van der Waals surface area (Å²) >= 11 is 0. The van der Waals surface area contributed by atoms with Crippen molar-refractivity contribution in [3.63, 3.8) is 0 Å². The predicted octanol–water partition coefficient (Wildman–Crippen LogP) is 4.00. The SMILES string of the molecule is C=CC(CCC)C(C)(C)CNCCCC. The molecule has 1 nitrogen and oxygen atoms in total. The Labute approximate surface area is 96.3 Å². The van der Waals surface area contributed by atoms with Crippen molar-refractivity contribution in [2.24, 2.45) is 11.3 Å². The molecule has 0 saturated heterocycles. The second-order valence-electron chi connectivity index (χ2n) is 5.15. The van der Waals surface area contributed by atoms with Crippen LogP contribution in [0.1, 0.15) is 53.4 Å². The second kappa shape index (κ2) is 7.92. The zero-order chi connectivity index (χ0) is 11.7. The lowest BCUT2D eigenvalue weighted by Gasteiger charge is -2.32. The minimum atomic E-state index is 0.339. The summed E-state index contributed by atoms with van der Waals surface area (Å²) in [6, 6.07) is 0. The third-order valence-electron chi connectivity index (χ3n) is 3.18. The number of hydrogen-bond acceptors (Lipinski definition) is 1. The molecule has 0 fully saturated rings. The molecule has 0 saturated carbocycles. The van der Waals surface area contributed by atoms with Crippen molar-refractivity contribution in [1.82, 2.24) is 5.32 Å². The molecule has 0 aliphatic rings. The third-order valence-corrected chi connectivity index (χ3v) is 3.18. The van der Waals surface area contributed by atoms with E-state index in [-0.39, 0.29) is 0 Å². The van der Waals surface area contributed by atoms with Crippen LogP contribution in [0.5, 0.6) is 0 Å². The van der Waals surface area contributed by atoms with Crippen molar-refractivity contribution in [3.8, 4) is 0 Å². The van der Waals surface area contributed by atoms with Crippen LogP contribution in [0.3, 0.4) is 0 Å². The number of allylic oxidation sites excluding steroid dienone is 1. The van der Waals surface area contributed by atoms with Crippen molar-refractivity contribution in [2.75, 3.05) is 13.1 Å². The van der Waals surface area contributed by atoms with E-state index in [0.717, 1.165) is 13.1 Å². The number of hydrogen-bond donors (Lipinski definition) is 1. The smallest absolute Gasteiger partial charge is 0.000815 e. The Kier molecular flexibility index (Phi) is 7.76. The Balaban J connectivity index is 3.95. The Morgan fingerprint density at radius 2 is 1.93 bits per heavy atom. The van der Waals surface area contributed by atoms with Gasteiger partial charge in [-0.05, 0) is 30.7 Å². The maximum absolute atomic E-state index is 3.96. The number of unbranched alkanes of at least 4 members (excludes halogenated alkanes) is 1. The van der Waals surface area contributed by atoms with E-state index < -0.39 is 0 Å². The fraction of sp³-hybridized carbons (Fsp3) is 0.857. The van der Waals surface area contributed by atoms with E-state index >= 15 is 0 Å². The van der Waals surface area contributed by atoms with Gasteiger partial charge in [0.15, 0.2) is 0 Å². The first-order valence-electron chi connectivity index (χ1n) is 6.41. The quantitative estimate of drug-likeness (QED) is 0.449. The van der Waals surface area contributed by atoms with Gasteiger partial charge in [0.05, 0.1) is 0 Å². The molecule has 90 valence electrons.